The van der Waals surface area contributed by atoms with Crippen molar-refractivity contribution in [2.45, 2.75) is 45.4 Å². The zero-order chi connectivity index (χ0) is 11.3. The summed E-state index contributed by atoms with van der Waals surface area (Å²) in [6.45, 7) is 2.14. The number of amides is 2. The topological polar surface area (TPSA) is 57.6 Å². The van der Waals surface area contributed by atoms with Gasteiger partial charge in [-0.15, -0.1) is 5.06 Å². The standard InChI is InChI=1S/C11H17NO3/c1-2-3-4-5-6-7-9-8-10(13)12(15)11(9)14/h8,15H,2-7H2,1H3. The van der Waals surface area contributed by atoms with E-state index in [1.54, 1.807) is 0 Å². The average molecular weight is 211 g/mol. The number of rotatable bonds is 6. The first-order valence-electron chi connectivity index (χ1n) is 5.44. The molecule has 0 aliphatic carbocycles. The number of unbranched alkanes of at least 4 members (excludes halogenated alkanes) is 4. The van der Waals surface area contributed by atoms with Crippen molar-refractivity contribution in [3.63, 3.8) is 0 Å². The molecule has 0 saturated carbocycles. The van der Waals surface area contributed by atoms with Crippen molar-refractivity contribution in [3.05, 3.63) is 11.6 Å². The highest BCUT2D eigenvalue weighted by Gasteiger charge is 2.28. The molecule has 1 aliphatic heterocycles. The van der Waals surface area contributed by atoms with Crippen LogP contribution in [0.5, 0.6) is 0 Å². The third kappa shape index (κ3) is 3.16. The third-order valence-electron chi connectivity index (χ3n) is 2.52. The van der Waals surface area contributed by atoms with Gasteiger partial charge in [-0.05, 0) is 12.8 Å². The molecule has 0 aromatic heterocycles. The molecule has 0 aromatic carbocycles. The monoisotopic (exact) mass is 211 g/mol. The van der Waals surface area contributed by atoms with Gasteiger partial charge in [0.2, 0.25) is 0 Å². The summed E-state index contributed by atoms with van der Waals surface area (Å²) >= 11 is 0. The summed E-state index contributed by atoms with van der Waals surface area (Å²) in [7, 11) is 0. The van der Waals surface area contributed by atoms with Gasteiger partial charge in [0, 0.05) is 11.6 Å². The Kier molecular flexibility index (Phi) is 4.49. The van der Waals surface area contributed by atoms with Gasteiger partial charge >= 0.3 is 0 Å². The van der Waals surface area contributed by atoms with Crippen molar-refractivity contribution >= 4 is 11.8 Å². The maximum atomic E-state index is 11.2. The summed E-state index contributed by atoms with van der Waals surface area (Å²) in [5.74, 6) is -1.18. The minimum atomic E-state index is -0.622. The number of hydrogen-bond acceptors (Lipinski definition) is 3. The van der Waals surface area contributed by atoms with Crippen LogP contribution in [0.1, 0.15) is 45.4 Å². The molecule has 0 fully saturated rings. The Labute approximate surface area is 89.5 Å². The molecule has 0 bridgehead atoms. The molecule has 4 heteroatoms. The summed E-state index contributed by atoms with van der Waals surface area (Å²) in [6.07, 6.45) is 7.33. The largest absolute Gasteiger partial charge is 0.280 e. The number of imide groups is 1. The fraction of sp³-hybridized carbons (Fsp3) is 0.636. The molecule has 1 heterocycles. The van der Waals surface area contributed by atoms with Crippen LogP contribution in [0.3, 0.4) is 0 Å². The van der Waals surface area contributed by atoms with E-state index in [0.717, 1.165) is 19.3 Å². The van der Waals surface area contributed by atoms with Crippen LogP contribution in [0, 0.1) is 0 Å². The van der Waals surface area contributed by atoms with Crippen LogP contribution in [0.2, 0.25) is 0 Å². The maximum absolute atomic E-state index is 11.2. The van der Waals surface area contributed by atoms with E-state index in [0.29, 0.717) is 12.0 Å². The molecule has 1 aliphatic rings. The molecule has 84 valence electrons. The van der Waals surface area contributed by atoms with E-state index < -0.39 is 11.8 Å². The lowest BCUT2D eigenvalue weighted by Crippen LogP contribution is -2.26. The zero-order valence-corrected chi connectivity index (χ0v) is 9.03. The molecule has 0 aromatic rings. The molecule has 1 N–H and O–H groups in total. The Morgan fingerprint density at radius 1 is 1.20 bits per heavy atom. The lowest BCUT2D eigenvalue weighted by molar-refractivity contribution is -0.169. The first-order chi connectivity index (χ1) is 7.16. The van der Waals surface area contributed by atoms with Crippen molar-refractivity contribution in [3.8, 4) is 0 Å². The lowest BCUT2D eigenvalue weighted by Gasteiger charge is -2.04. The minimum absolute atomic E-state index is 0.182. The van der Waals surface area contributed by atoms with Crippen LogP contribution >= 0.6 is 0 Å². The van der Waals surface area contributed by atoms with Gasteiger partial charge < -0.3 is 0 Å². The van der Waals surface area contributed by atoms with Crippen molar-refractivity contribution in [2.75, 3.05) is 0 Å². The Morgan fingerprint density at radius 3 is 2.40 bits per heavy atom. The van der Waals surface area contributed by atoms with Gasteiger partial charge in [-0.3, -0.25) is 14.8 Å². The Morgan fingerprint density at radius 2 is 1.87 bits per heavy atom. The second kappa shape index (κ2) is 5.66. The number of carbonyl (C=O) groups is 2. The molecule has 0 spiro atoms. The normalized spacial score (nSPS) is 16.1. The molecule has 15 heavy (non-hydrogen) atoms. The molecule has 0 unspecified atom stereocenters. The molecular weight excluding hydrogens is 194 g/mol. The first-order valence-corrected chi connectivity index (χ1v) is 5.44. The second-order valence-corrected chi connectivity index (χ2v) is 3.79. The van der Waals surface area contributed by atoms with E-state index >= 15 is 0 Å². The van der Waals surface area contributed by atoms with E-state index in [9.17, 15) is 9.59 Å². The van der Waals surface area contributed by atoms with Crippen molar-refractivity contribution in [1.29, 1.82) is 0 Å². The molecule has 0 atom stereocenters. The van der Waals surface area contributed by atoms with Crippen molar-refractivity contribution in [2.24, 2.45) is 0 Å². The van der Waals surface area contributed by atoms with E-state index in [2.05, 4.69) is 6.92 Å². The number of hydroxylamine groups is 2. The number of carbonyl (C=O) groups excluding carboxylic acids is 2. The van der Waals surface area contributed by atoms with E-state index in [1.165, 1.54) is 18.9 Å². The quantitative estimate of drug-likeness (QED) is 0.415. The second-order valence-electron chi connectivity index (χ2n) is 3.79. The summed E-state index contributed by atoms with van der Waals surface area (Å²) in [5, 5.41) is 9.14. The van der Waals surface area contributed by atoms with Gasteiger partial charge in [-0.1, -0.05) is 32.6 Å². The van der Waals surface area contributed by atoms with Crippen LogP contribution in [-0.4, -0.2) is 22.1 Å². The smallest absolute Gasteiger partial charge is 0.278 e. The minimum Gasteiger partial charge on any atom is -0.278 e. The fourth-order valence-corrected chi connectivity index (χ4v) is 1.61. The van der Waals surface area contributed by atoms with Crippen LogP contribution in [0.15, 0.2) is 11.6 Å². The van der Waals surface area contributed by atoms with Crippen LogP contribution in [0.25, 0.3) is 0 Å². The number of hydrogen-bond donors (Lipinski definition) is 1. The van der Waals surface area contributed by atoms with Gasteiger partial charge in [0.25, 0.3) is 11.8 Å². The number of nitrogens with zero attached hydrogens (tertiary/aromatic N) is 1. The van der Waals surface area contributed by atoms with Gasteiger partial charge in [-0.2, -0.15) is 0 Å². The van der Waals surface area contributed by atoms with Gasteiger partial charge in [0.15, 0.2) is 0 Å². The zero-order valence-electron chi connectivity index (χ0n) is 9.03. The SMILES string of the molecule is CCCCCCCC1=CC(=O)N(O)C1=O. The van der Waals surface area contributed by atoms with Gasteiger partial charge in [0.05, 0.1) is 0 Å². The van der Waals surface area contributed by atoms with Crippen LogP contribution in [-0.2, 0) is 9.59 Å². The molecular formula is C11H17NO3. The van der Waals surface area contributed by atoms with E-state index in [1.807, 2.05) is 0 Å². The van der Waals surface area contributed by atoms with E-state index in [4.69, 9.17) is 5.21 Å². The Hall–Kier alpha value is -1.16. The van der Waals surface area contributed by atoms with Gasteiger partial charge in [0.1, 0.15) is 0 Å². The highest BCUT2D eigenvalue weighted by molar-refractivity contribution is 6.15. The third-order valence-corrected chi connectivity index (χ3v) is 2.52. The first kappa shape index (κ1) is 11.9. The Balaban J connectivity index is 2.25. The molecule has 0 saturated heterocycles. The average Bonchev–Trinajstić information content (AvgIpc) is 2.46. The summed E-state index contributed by atoms with van der Waals surface area (Å²) in [4.78, 5) is 22.1. The van der Waals surface area contributed by atoms with Gasteiger partial charge in [-0.25, -0.2) is 0 Å². The Bertz CT molecular complexity index is 284. The molecule has 4 nitrogen and oxygen atoms in total. The fourth-order valence-electron chi connectivity index (χ4n) is 1.61. The summed E-state index contributed by atoms with van der Waals surface area (Å²) < 4.78 is 0. The van der Waals surface area contributed by atoms with Crippen LogP contribution < -0.4 is 0 Å². The highest BCUT2D eigenvalue weighted by Crippen LogP contribution is 2.17. The predicted molar refractivity (Wildman–Crippen MR) is 55.1 cm³/mol. The molecule has 0 radical (unpaired) electrons. The van der Waals surface area contributed by atoms with Crippen molar-refractivity contribution < 1.29 is 14.8 Å². The summed E-state index contributed by atoms with van der Waals surface area (Å²) in [5.41, 5.74) is 0.430. The maximum Gasteiger partial charge on any atom is 0.280 e. The predicted octanol–water partition coefficient (Wildman–Crippen LogP) is 2.03. The molecule has 1 rings (SSSR count). The van der Waals surface area contributed by atoms with E-state index in [-0.39, 0.29) is 5.06 Å². The lowest BCUT2D eigenvalue weighted by atomic mass is 10.1. The summed E-state index contributed by atoms with van der Waals surface area (Å²) in [6, 6.07) is 0. The van der Waals surface area contributed by atoms with Crippen molar-refractivity contribution in [1.82, 2.24) is 5.06 Å². The highest BCUT2D eigenvalue weighted by atomic mass is 16.5. The molecule has 2 amide bonds. The van der Waals surface area contributed by atoms with Crippen LogP contribution in [0.4, 0.5) is 0 Å².